The summed E-state index contributed by atoms with van der Waals surface area (Å²) >= 11 is 0. The van der Waals surface area contributed by atoms with Crippen LogP contribution in [0.2, 0.25) is 0 Å². The second kappa shape index (κ2) is 6.62. The molecular formula is C20H20N2O2. The van der Waals surface area contributed by atoms with Gasteiger partial charge in [-0.15, -0.1) is 0 Å². The van der Waals surface area contributed by atoms with E-state index in [4.69, 9.17) is 10.5 Å². The van der Waals surface area contributed by atoms with E-state index in [1.165, 1.54) is 0 Å². The molecule has 0 unspecified atom stereocenters. The number of carbonyl (C=O) groups excluding carboxylic acids is 1. The predicted molar refractivity (Wildman–Crippen MR) is 95.2 cm³/mol. The van der Waals surface area contributed by atoms with Crippen LogP contribution < -0.4 is 10.5 Å². The molecule has 0 spiro atoms. The third-order valence-corrected chi connectivity index (χ3v) is 4.18. The SMILES string of the molecule is COc1cccc(-c2cc(C(N)=O)c(C)n2Cc2ccccc2)c1. The molecule has 0 aliphatic heterocycles. The van der Waals surface area contributed by atoms with Gasteiger partial charge in [-0.2, -0.15) is 0 Å². The third kappa shape index (κ3) is 3.04. The molecule has 122 valence electrons. The lowest BCUT2D eigenvalue weighted by atomic mass is 10.1. The van der Waals surface area contributed by atoms with Crippen LogP contribution >= 0.6 is 0 Å². The van der Waals surface area contributed by atoms with Gasteiger partial charge in [-0.05, 0) is 30.7 Å². The van der Waals surface area contributed by atoms with Gasteiger partial charge in [0.05, 0.1) is 12.7 Å². The van der Waals surface area contributed by atoms with Gasteiger partial charge in [-0.3, -0.25) is 4.79 Å². The Balaban J connectivity index is 2.13. The first-order chi connectivity index (χ1) is 11.6. The Kier molecular flexibility index (Phi) is 4.38. The van der Waals surface area contributed by atoms with E-state index < -0.39 is 5.91 Å². The fourth-order valence-electron chi connectivity index (χ4n) is 2.89. The van der Waals surface area contributed by atoms with E-state index in [0.717, 1.165) is 28.3 Å². The molecule has 0 saturated carbocycles. The summed E-state index contributed by atoms with van der Waals surface area (Å²) in [5, 5.41) is 0. The molecule has 3 aromatic rings. The van der Waals surface area contributed by atoms with Gasteiger partial charge in [0.15, 0.2) is 0 Å². The molecule has 0 bridgehead atoms. The highest BCUT2D eigenvalue weighted by Crippen LogP contribution is 2.29. The molecule has 2 aromatic carbocycles. The number of ether oxygens (including phenoxy) is 1. The van der Waals surface area contributed by atoms with Crippen molar-refractivity contribution < 1.29 is 9.53 Å². The molecule has 4 heteroatoms. The zero-order valence-electron chi connectivity index (χ0n) is 13.8. The molecule has 0 aliphatic carbocycles. The van der Waals surface area contributed by atoms with E-state index in [1.54, 1.807) is 7.11 Å². The van der Waals surface area contributed by atoms with Crippen molar-refractivity contribution in [2.45, 2.75) is 13.5 Å². The summed E-state index contributed by atoms with van der Waals surface area (Å²) in [6.07, 6.45) is 0. The van der Waals surface area contributed by atoms with Gasteiger partial charge >= 0.3 is 0 Å². The van der Waals surface area contributed by atoms with Crippen molar-refractivity contribution in [2.24, 2.45) is 5.73 Å². The maximum absolute atomic E-state index is 11.8. The Morgan fingerprint density at radius 3 is 2.50 bits per heavy atom. The number of hydrogen-bond acceptors (Lipinski definition) is 2. The van der Waals surface area contributed by atoms with E-state index in [-0.39, 0.29) is 0 Å². The van der Waals surface area contributed by atoms with Crippen LogP contribution in [0.4, 0.5) is 0 Å². The Morgan fingerprint density at radius 1 is 1.08 bits per heavy atom. The Hall–Kier alpha value is -3.01. The molecule has 2 N–H and O–H groups in total. The molecule has 1 aromatic heterocycles. The smallest absolute Gasteiger partial charge is 0.250 e. The summed E-state index contributed by atoms with van der Waals surface area (Å²) in [5.74, 6) is 0.363. The third-order valence-electron chi connectivity index (χ3n) is 4.18. The molecule has 0 saturated heterocycles. The fourth-order valence-corrected chi connectivity index (χ4v) is 2.89. The fraction of sp³-hybridized carbons (Fsp3) is 0.150. The summed E-state index contributed by atoms with van der Waals surface area (Å²) in [7, 11) is 1.64. The number of methoxy groups -OCH3 is 1. The van der Waals surface area contributed by atoms with E-state index in [2.05, 4.69) is 16.7 Å². The highest BCUT2D eigenvalue weighted by Gasteiger charge is 2.17. The molecule has 1 amide bonds. The maximum Gasteiger partial charge on any atom is 0.250 e. The van der Waals surface area contributed by atoms with Gasteiger partial charge < -0.3 is 15.0 Å². The molecule has 0 atom stereocenters. The van der Waals surface area contributed by atoms with E-state index in [0.29, 0.717) is 12.1 Å². The van der Waals surface area contributed by atoms with Gasteiger partial charge in [0.25, 0.3) is 5.91 Å². The second-order valence-electron chi connectivity index (χ2n) is 5.70. The summed E-state index contributed by atoms with van der Waals surface area (Å²) in [6.45, 7) is 2.60. The summed E-state index contributed by atoms with van der Waals surface area (Å²) in [4.78, 5) is 11.8. The van der Waals surface area contributed by atoms with E-state index >= 15 is 0 Å². The lowest BCUT2D eigenvalue weighted by Gasteiger charge is -2.13. The Labute approximate surface area is 141 Å². The quantitative estimate of drug-likeness (QED) is 0.780. The highest BCUT2D eigenvalue weighted by molar-refractivity contribution is 5.95. The van der Waals surface area contributed by atoms with Gasteiger partial charge in [0.2, 0.25) is 0 Å². The molecule has 4 nitrogen and oxygen atoms in total. The summed E-state index contributed by atoms with van der Waals surface area (Å²) in [6, 6.07) is 19.8. The predicted octanol–water partition coefficient (Wildman–Crippen LogP) is 3.62. The standard InChI is InChI=1S/C20H20N2O2/c1-14-18(20(21)23)12-19(16-9-6-10-17(11-16)24-2)22(14)13-15-7-4-3-5-8-15/h3-12H,13H2,1-2H3,(H2,21,23). The zero-order chi connectivity index (χ0) is 17.1. The van der Waals surface area contributed by atoms with E-state index in [1.807, 2.05) is 55.5 Å². The van der Waals surface area contributed by atoms with Gasteiger partial charge in [0.1, 0.15) is 5.75 Å². The number of amides is 1. The first-order valence-electron chi connectivity index (χ1n) is 7.78. The second-order valence-corrected chi connectivity index (χ2v) is 5.70. The van der Waals surface area contributed by atoms with Crippen molar-refractivity contribution in [3.8, 4) is 17.0 Å². The number of benzene rings is 2. The number of carbonyl (C=O) groups is 1. The molecule has 3 rings (SSSR count). The average Bonchev–Trinajstić information content (AvgIpc) is 2.93. The molecule has 0 aliphatic rings. The lowest BCUT2D eigenvalue weighted by molar-refractivity contribution is 0.0999. The minimum absolute atomic E-state index is 0.413. The molecule has 1 heterocycles. The van der Waals surface area contributed by atoms with Crippen LogP contribution in [0.5, 0.6) is 5.75 Å². The molecular weight excluding hydrogens is 300 g/mol. The number of primary amides is 1. The van der Waals surface area contributed by atoms with Crippen LogP contribution in [-0.4, -0.2) is 17.6 Å². The van der Waals surface area contributed by atoms with Crippen LogP contribution in [0.25, 0.3) is 11.3 Å². The largest absolute Gasteiger partial charge is 0.497 e. The van der Waals surface area contributed by atoms with Gasteiger partial charge in [-0.25, -0.2) is 0 Å². The lowest BCUT2D eigenvalue weighted by Crippen LogP contribution is -2.12. The van der Waals surface area contributed by atoms with Crippen LogP contribution in [0.1, 0.15) is 21.6 Å². The Morgan fingerprint density at radius 2 is 1.83 bits per heavy atom. The number of rotatable bonds is 5. The number of nitrogens with zero attached hydrogens (tertiary/aromatic N) is 1. The average molecular weight is 320 g/mol. The van der Waals surface area contributed by atoms with Crippen LogP contribution in [0.3, 0.4) is 0 Å². The van der Waals surface area contributed by atoms with Crippen molar-refractivity contribution in [1.29, 1.82) is 0 Å². The van der Waals surface area contributed by atoms with Crippen molar-refractivity contribution in [3.05, 3.63) is 77.5 Å². The van der Waals surface area contributed by atoms with E-state index in [9.17, 15) is 4.79 Å². The van der Waals surface area contributed by atoms with Crippen molar-refractivity contribution in [2.75, 3.05) is 7.11 Å². The minimum atomic E-state index is -0.413. The molecule has 24 heavy (non-hydrogen) atoms. The maximum atomic E-state index is 11.8. The number of hydrogen-bond donors (Lipinski definition) is 1. The first kappa shape index (κ1) is 15.9. The monoisotopic (exact) mass is 320 g/mol. The van der Waals surface area contributed by atoms with Gasteiger partial charge in [-0.1, -0.05) is 42.5 Å². The van der Waals surface area contributed by atoms with Crippen LogP contribution in [-0.2, 0) is 6.54 Å². The van der Waals surface area contributed by atoms with Crippen LogP contribution in [0, 0.1) is 6.92 Å². The minimum Gasteiger partial charge on any atom is -0.497 e. The molecule has 0 fully saturated rings. The number of nitrogens with two attached hydrogens (primary N) is 1. The Bertz CT molecular complexity index is 867. The topological polar surface area (TPSA) is 57.2 Å². The summed E-state index contributed by atoms with van der Waals surface area (Å²) in [5.41, 5.74) is 10.1. The summed E-state index contributed by atoms with van der Waals surface area (Å²) < 4.78 is 7.43. The van der Waals surface area contributed by atoms with Gasteiger partial charge in [0, 0.05) is 23.5 Å². The zero-order valence-corrected chi connectivity index (χ0v) is 13.8. The first-order valence-corrected chi connectivity index (χ1v) is 7.78. The van der Waals surface area contributed by atoms with Crippen molar-refractivity contribution in [3.63, 3.8) is 0 Å². The van der Waals surface area contributed by atoms with Crippen molar-refractivity contribution >= 4 is 5.91 Å². The normalized spacial score (nSPS) is 10.6. The highest BCUT2D eigenvalue weighted by atomic mass is 16.5. The molecule has 0 radical (unpaired) electrons. The number of aromatic nitrogens is 1. The van der Waals surface area contributed by atoms with Crippen molar-refractivity contribution in [1.82, 2.24) is 4.57 Å². The van der Waals surface area contributed by atoms with Crippen LogP contribution in [0.15, 0.2) is 60.7 Å².